The Balaban J connectivity index is 1.45. The molecule has 0 amide bonds. The average molecular weight is 654 g/mol. The third-order valence-corrected chi connectivity index (χ3v) is 7.80. The van der Waals surface area contributed by atoms with Crippen molar-refractivity contribution in [2.45, 2.75) is 39.7 Å². The predicted octanol–water partition coefficient (Wildman–Crippen LogP) is 3.45. The van der Waals surface area contributed by atoms with Crippen molar-refractivity contribution in [3.8, 4) is 17.5 Å². The van der Waals surface area contributed by atoms with Gasteiger partial charge in [-0.25, -0.2) is 4.39 Å². The maximum absolute atomic E-state index is 16.0. The second-order valence-electron chi connectivity index (χ2n) is 10.9. The van der Waals surface area contributed by atoms with Crippen molar-refractivity contribution in [1.29, 1.82) is 0 Å². The number of carbonyl (C=O) groups is 3. The minimum Gasteiger partial charge on any atom is -0.492 e. The van der Waals surface area contributed by atoms with Gasteiger partial charge in [0.2, 0.25) is 11.8 Å². The zero-order chi connectivity index (χ0) is 33.8. The first kappa shape index (κ1) is 33.2. The molecule has 2 aromatic heterocycles. The largest absolute Gasteiger partial charge is 0.492 e. The summed E-state index contributed by atoms with van der Waals surface area (Å²) in [4.78, 5) is 61.8. The SMILES string of the molecule is CCOc1cc(OCC)nc(/N=N/N2CCN(c3c(F)cc4c(=O)c(C(=O)C(C(C)=O)C(=O)OC)cn(C5CC5)c4c3OC)CC2)n1. The number of fused-ring (bicyclic) bond motifs is 1. The van der Waals surface area contributed by atoms with Gasteiger partial charge >= 0.3 is 5.97 Å². The van der Waals surface area contributed by atoms with Crippen LogP contribution in [0.4, 0.5) is 16.0 Å². The molecule has 5 rings (SSSR count). The van der Waals surface area contributed by atoms with Crippen LogP contribution in [0.2, 0.25) is 0 Å². The fourth-order valence-corrected chi connectivity index (χ4v) is 5.47. The number of hydrogen-bond donors (Lipinski definition) is 0. The molecule has 0 radical (unpaired) electrons. The van der Waals surface area contributed by atoms with Gasteiger partial charge in [0.25, 0.3) is 5.95 Å². The molecule has 0 spiro atoms. The number of benzene rings is 1. The fraction of sp³-hybridized carbons (Fsp3) is 0.484. The highest BCUT2D eigenvalue weighted by Gasteiger charge is 2.37. The Morgan fingerprint density at radius 1 is 1.02 bits per heavy atom. The van der Waals surface area contributed by atoms with E-state index in [0.717, 1.165) is 32.9 Å². The molecule has 2 aliphatic rings. The summed E-state index contributed by atoms with van der Waals surface area (Å²) in [5.74, 6) is -4.53. The number of esters is 1. The Bertz CT molecular complexity index is 1760. The number of anilines is 1. The van der Waals surface area contributed by atoms with Crippen LogP contribution in [0, 0.1) is 11.7 Å². The minimum atomic E-state index is -1.80. The summed E-state index contributed by atoms with van der Waals surface area (Å²) in [7, 11) is 2.44. The number of nitrogens with zero attached hydrogens (tertiary/aromatic N) is 7. The molecule has 0 N–H and O–H groups in total. The standard InChI is InChI=1S/C31H36FN7O8/c1-6-46-22-15-23(47-7-2)34-31(33-22)35-36-38-12-10-37(11-13-38)26-21(32)14-19-25(29(26)44-4)39(18-8-9-18)16-20(27(19)41)28(42)24(17(3)40)30(43)45-5/h14-16,18,24H,6-13H2,1-5H3/b36-35+. The summed E-state index contributed by atoms with van der Waals surface area (Å²) in [6, 6.07) is 2.56. The summed E-state index contributed by atoms with van der Waals surface area (Å²) >= 11 is 0. The van der Waals surface area contributed by atoms with Crippen LogP contribution in [0.15, 0.2) is 33.5 Å². The van der Waals surface area contributed by atoms with Crippen LogP contribution >= 0.6 is 0 Å². The highest BCUT2D eigenvalue weighted by Crippen LogP contribution is 2.44. The van der Waals surface area contributed by atoms with Gasteiger partial charge < -0.3 is 28.4 Å². The Morgan fingerprint density at radius 2 is 1.66 bits per heavy atom. The van der Waals surface area contributed by atoms with Gasteiger partial charge in [-0.1, -0.05) is 10.3 Å². The van der Waals surface area contributed by atoms with Crippen molar-refractivity contribution in [2.75, 3.05) is 58.5 Å². The first-order chi connectivity index (χ1) is 22.6. The molecule has 1 saturated carbocycles. The third kappa shape index (κ3) is 6.85. The van der Waals surface area contributed by atoms with E-state index in [9.17, 15) is 19.2 Å². The number of ether oxygens (including phenoxy) is 4. The van der Waals surface area contributed by atoms with Crippen molar-refractivity contribution >= 4 is 40.1 Å². The number of ketones is 2. The van der Waals surface area contributed by atoms with Gasteiger partial charge in [0, 0.05) is 25.3 Å². The summed E-state index contributed by atoms with van der Waals surface area (Å²) in [6.07, 6.45) is 2.84. The topological polar surface area (TPSA) is 167 Å². The van der Waals surface area contributed by atoms with Crippen molar-refractivity contribution in [3.63, 3.8) is 0 Å². The van der Waals surface area contributed by atoms with E-state index in [0.29, 0.717) is 56.7 Å². The first-order valence-electron chi connectivity index (χ1n) is 15.3. The Hall–Kier alpha value is -5.15. The molecule has 3 heterocycles. The lowest BCUT2D eigenvalue weighted by atomic mass is 9.93. The number of methoxy groups -OCH3 is 2. The van der Waals surface area contributed by atoms with Crippen LogP contribution in [0.1, 0.15) is 50.0 Å². The van der Waals surface area contributed by atoms with Gasteiger partial charge in [-0.15, -0.1) is 0 Å². The maximum atomic E-state index is 16.0. The number of carbonyl (C=O) groups excluding carboxylic acids is 3. The minimum absolute atomic E-state index is 0.0705. The van der Waals surface area contributed by atoms with E-state index in [1.54, 1.807) is 20.5 Å². The number of halogens is 1. The molecular formula is C31H36FN7O8. The maximum Gasteiger partial charge on any atom is 0.324 e. The Morgan fingerprint density at radius 3 is 2.19 bits per heavy atom. The lowest BCUT2D eigenvalue weighted by molar-refractivity contribution is -0.146. The molecule has 250 valence electrons. The van der Waals surface area contributed by atoms with Crippen molar-refractivity contribution < 1.29 is 37.7 Å². The van der Waals surface area contributed by atoms with Crippen molar-refractivity contribution in [2.24, 2.45) is 16.3 Å². The quantitative estimate of drug-likeness (QED) is 0.114. The number of piperazine rings is 1. The molecule has 1 aliphatic carbocycles. The van der Waals surface area contributed by atoms with Gasteiger partial charge in [0.05, 0.1) is 63.1 Å². The monoisotopic (exact) mass is 653 g/mol. The number of Topliss-reactive ketones (excluding diaryl/α,β-unsaturated/α-hetero) is 2. The van der Waals surface area contributed by atoms with E-state index in [-0.39, 0.29) is 28.8 Å². The van der Waals surface area contributed by atoms with Gasteiger partial charge in [-0.3, -0.25) is 24.2 Å². The van der Waals surface area contributed by atoms with Crippen LogP contribution in [0.3, 0.4) is 0 Å². The van der Waals surface area contributed by atoms with E-state index < -0.39 is 40.3 Å². The Labute approximate surface area is 269 Å². The van der Waals surface area contributed by atoms with Crippen LogP contribution in [0.5, 0.6) is 17.5 Å². The van der Waals surface area contributed by atoms with E-state index in [4.69, 9.17) is 14.2 Å². The van der Waals surface area contributed by atoms with Gasteiger partial charge in [-0.05, 0) is 39.7 Å². The van der Waals surface area contributed by atoms with Crippen molar-refractivity contribution in [3.05, 3.63) is 39.9 Å². The second kappa shape index (κ2) is 14.1. The van der Waals surface area contributed by atoms with E-state index in [1.807, 2.05) is 13.8 Å². The molecule has 3 aromatic rings. The van der Waals surface area contributed by atoms with Crippen molar-refractivity contribution in [1.82, 2.24) is 19.5 Å². The van der Waals surface area contributed by atoms with Crippen LogP contribution in [-0.4, -0.2) is 90.7 Å². The highest BCUT2D eigenvalue weighted by molar-refractivity contribution is 6.22. The zero-order valence-electron chi connectivity index (χ0n) is 26.8. The molecule has 0 bridgehead atoms. The molecule has 1 aromatic carbocycles. The molecule has 1 saturated heterocycles. The molecule has 16 heteroatoms. The fourth-order valence-electron chi connectivity index (χ4n) is 5.47. The molecule has 2 fully saturated rings. The van der Waals surface area contributed by atoms with Gasteiger partial charge in [0.15, 0.2) is 34.5 Å². The molecule has 1 unspecified atom stereocenters. The van der Waals surface area contributed by atoms with E-state index in [1.165, 1.54) is 13.3 Å². The molecule has 47 heavy (non-hydrogen) atoms. The van der Waals surface area contributed by atoms with Crippen LogP contribution in [-0.2, 0) is 14.3 Å². The third-order valence-electron chi connectivity index (χ3n) is 7.80. The van der Waals surface area contributed by atoms with Gasteiger partial charge in [0.1, 0.15) is 5.69 Å². The second-order valence-corrected chi connectivity index (χ2v) is 10.9. The molecule has 1 atom stereocenters. The molecule has 1 aliphatic heterocycles. The lowest BCUT2D eigenvalue weighted by Crippen LogP contribution is -2.44. The average Bonchev–Trinajstić information content (AvgIpc) is 3.90. The smallest absolute Gasteiger partial charge is 0.324 e. The summed E-state index contributed by atoms with van der Waals surface area (Å²) < 4.78 is 39.0. The zero-order valence-corrected chi connectivity index (χ0v) is 26.8. The predicted molar refractivity (Wildman–Crippen MR) is 166 cm³/mol. The number of aromatic nitrogens is 3. The number of rotatable bonds is 13. The van der Waals surface area contributed by atoms with Gasteiger partial charge in [-0.2, -0.15) is 9.97 Å². The summed E-state index contributed by atoms with van der Waals surface area (Å²) in [5, 5.41) is 10.0. The van der Waals surface area contributed by atoms with Crippen LogP contribution < -0.4 is 24.5 Å². The normalized spacial score (nSPS) is 15.5. The highest BCUT2D eigenvalue weighted by atomic mass is 19.1. The Kier molecular flexibility index (Phi) is 9.96. The number of pyridine rings is 1. The summed E-state index contributed by atoms with van der Waals surface area (Å²) in [6.45, 7) is 6.96. The van der Waals surface area contributed by atoms with Crippen LogP contribution in [0.25, 0.3) is 10.9 Å². The van der Waals surface area contributed by atoms with E-state index >= 15 is 4.39 Å². The summed E-state index contributed by atoms with van der Waals surface area (Å²) in [5.41, 5.74) is -0.722. The molecule has 15 nitrogen and oxygen atoms in total. The number of hydrogen-bond acceptors (Lipinski definition) is 13. The molecular weight excluding hydrogens is 617 g/mol. The first-order valence-corrected chi connectivity index (χ1v) is 15.3. The lowest BCUT2D eigenvalue weighted by Gasteiger charge is -2.35. The van der Waals surface area contributed by atoms with E-state index in [2.05, 4.69) is 25.0 Å².